The van der Waals surface area contributed by atoms with Gasteiger partial charge in [0.1, 0.15) is 11.6 Å². The third-order valence-corrected chi connectivity index (χ3v) is 5.33. The van der Waals surface area contributed by atoms with Crippen molar-refractivity contribution in [3.8, 4) is 0 Å². The minimum atomic E-state index is -0.408. The molecule has 1 saturated heterocycles. The number of hydrogen-bond donors (Lipinski definition) is 1. The number of Topliss-reactive ketones (excluding diaryl/α,β-unsaturated/α-hetero) is 1. The molecule has 7 nitrogen and oxygen atoms in total. The summed E-state index contributed by atoms with van der Waals surface area (Å²) < 4.78 is 14.3. The van der Waals surface area contributed by atoms with Crippen molar-refractivity contribution in [3.63, 3.8) is 0 Å². The minimum absolute atomic E-state index is 0.0231. The lowest BCUT2D eigenvalue weighted by molar-refractivity contribution is -0.128. The molecule has 0 radical (unpaired) electrons. The summed E-state index contributed by atoms with van der Waals surface area (Å²) in [7, 11) is 0. The molecule has 27 heavy (non-hydrogen) atoms. The normalized spacial score (nSPS) is 14.5. The molecule has 0 aliphatic carbocycles. The molecule has 9 heteroatoms. The van der Waals surface area contributed by atoms with E-state index in [1.165, 1.54) is 24.8 Å². The Bertz CT molecular complexity index is 833. The van der Waals surface area contributed by atoms with Crippen LogP contribution in [0.1, 0.15) is 30.0 Å². The summed E-state index contributed by atoms with van der Waals surface area (Å²) in [4.78, 5) is 31.7. The van der Waals surface area contributed by atoms with Crippen molar-refractivity contribution in [2.75, 3.05) is 36.8 Å². The largest absolute Gasteiger partial charge is 0.366 e. The molecule has 0 bridgehead atoms. The molecule has 1 aromatic heterocycles. The summed E-state index contributed by atoms with van der Waals surface area (Å²) in [5, 5.41) is 7.47. The fraction of sp³-hybridized carbons (Fsp3) is 0.444. The van der Waals surface area contributed by atoms with Crippen LogP contribution >= 0.6 is 11.8 Å². The van der Waals surface area contributed by atoms with E-state index in [0.29, 0.717) is 42.6 Å². The van der Waals surface area contributed by atoms with Gasteiger partial charge < -0.3 is 9.80 Å². The number of aryl methyl sites for hydroxylation is 1. The average Bonchev–Trinajstić information content (AvgIpc) is 3.14. The van der Waals surface area contributed by atoms with Crippen molar-refractivity contribution >= 4 is 29.1 Å². The minimum Gasteiger partial charge on any atom is -0.366 e. The number of halogens is 1. The number of hydrogen-bond acceptors (Lipinski definition) is 6. The number of aromatic amines is 1. The van der Waals surface area contributed by atoms with Gasteiger partial charge in [0.15, 0.2) is 5.78 Å². The Morgan fingerprint density at radius 1 is 1.26 bits per heavy atom. The molecule has 1 aromatic carbocycles. The lowest BCUT2D eigenvalue weighted by Crippen LogP contribution is -2.49. The molecule has 0 spiro atoms. The number of carbonyl (C=O) groups excluding carboxylic acids is 2. The standard InChI is InChI=1S/C18H22FN5O2S/c1-3-16-20-18(22-21-16)27-11-17(26)24-8-6-23(7-9-24)15-5-4-13(12(2)25)10-14(15)19/h4-5,10H,3,6-9,11H2,1-2H3,(H,20,21,22). The van der Waals surface area contributed by atoms with E-state index in [0.717, 1.165) is 12.2 Å². The number of benzene rings is 1. The first-order valence-electron chi connectivity index (χ1n) is 8.85. The van der Waals surface area contributed by atoms with Crippen LogP contribution in [0.15, 0.2) is 23.4 Å². The first-order chi connectivity index (χ1) is 13.0. The van der Waals surface area contributed by atoms with Gasteiger partial charge in [-0.3, -0.25) is 14.7 Å². The molecule has 1 amide bonds. The average molecular weight is 391 g/mol. The third-order valence-electron chi connectivity index (χ3n) is 4.50. The van der Waals surface area contributed by atoms with Crippen molar-refractivity contribution < 1.29 is 14.0 Å². The number of carbonyl (C=O) groups is 2. The van der Waals surface area contributed by atoms with Gasteiger partial charge in [-0.25, -0.2) is 9.37 Å². The SMILES string of the molecule is CCc1nc(SCC(=O)N2CCN(c3ccc(C(C)=O)cc3F)CC2)n[nH]1. The summed E-state index contributed by atoms with van der Waals surface area (Å²) in [5.74, 6) is 0.536. The van der Waals surface area contributed by atoms with Crippen LogP contribution in [0.5, 0.6) is 0 Å². The van der Waals surface area contributed by atoms with Crippen molar-refractivity contribution in [1.29, 1.82) is 0 Å². The summed E-state index contributed by atoms with van der Waals surface area (Å²) in [6.45, 7) is 5.55. The smallest absolute Gasteiger partial charge is 0.233 e. The second-order valence-corrected chi connectivity index (χ2v) is 7.24. The van der Waals surface area contributed by atoms with E-state index in [1.54, 1.807) is 17.0 Å². The van der Waals surface area contributed by atoms with Gasteiger partial charge >= 0.3 is 0 Å². The molecule has 144 valence electrons. The van der Waals surface area contributed by atoms with Crippen LogP contribution in [0, 0.1) is 5.82 Å². The molecule has 0 unspecified atom stereocenters. The molecular formula is C18H22FN5O2S. The number of thioether (sulfide) groups is 1. The van der Waals surface area contributed by atoms with E-state index in [1.807, 2.05) is 11.8 Å². The number of piperazine rings is 1. The maximum Gasteiger partial charge on any atom is 0.233 e. The Hall–Kier alpha value is -2.42. The maximum absolute atomic E-state index is 14.3. The van der Waals surface area contributed by atoms with Crippen molar-refractivity contribution in [1.82, 2.24) is 20.1 Å². The quantitative estimate of drug-likeness (QED) is 0.600. The van der Waals surface area contributed by atoms with E-state index in [-0.39, 0.29) is 17.4 Å². The highest BCUT2D eigenvalue weighted by Crippen LogP contribution is 2.23. The van der Waals surface area contributed by atoms with Crippen LogP contribution in [0.2, 0.25) is 0 Å². The van der Waals surface area contributed by atoms with E-state index < -0.39 is 5.82 Å². The van der Waals surface area contributed by atoms with Crippen molar-refractivity contribution in [2.45, 2.75) is 25.4 Å². The summed E-state index contributed by atoms with van der Waals surface area (Å²) >= 11 is 1.31. The second-order valence-electron chi connectivity index (χ2n) is 6.30. The highest BCUT2D eigenvalue weighted by molar-refractivity contribution is 7.99. The number of rotatable bonds is 6. The fourth-order valence-electron chi connectivity index (χ4n) is 2.90. The highest BCUT2D eigenvalue weighted by atomic mass is 32.2. The first kappa shape index (κ1) is 19.3. The lowest BCUT2D eigenvalue weighted by atomic mass is 10.1. The van der Waals surface area contributed by atoms with E-state index >= 15 is 0 Å². The molecule has 1 aliphatic heterocycles. The maximum atomic E-state index is 14.3. The molecule has 0 saturated carbocycles. The van der Waals surface area contributed by atoms with Gasteiger partial charge in [0.05, 0.1) is 11.4 Å². The number of ketones is 1. The topological polar surface area (TPSA) is 82.2 Å². The number of H-pyrrole nitrogens is 1. The van der Waals surface area contributed by atoms with Crippen molar-refractivity contribution in [2.24, 2.45) is 0 Å². The van der Waals surface area contributed by atoms with Crippen LogP contribution in [-0.4, -0.2) is 63.7 Å². The van der Waals surface area contributed by atoms with Gasteiger partial charge in [-0.05, 0) is 25.1 Å². The number of nitrogens with one attached hydrogen (secondary N) is 1. The van der Waals surface area contributed by atoms with E-state index in [9.17, 15) is 14.0 Å². The van der Waals surface area contributed by atoms with Crippen LogP contribution in [0.4, 0.5) is 10.1 Å². The van der Waals surface area contributed by atoms with Gasteiger partial charge in [0, 0.05) is 38.2 Å². The van der Waals surface area contributed by atoms with E-state index in [2.05, 4.69) is 15.2 Å². The van der Waals surface area contributed by atoms with Gasteiger partial charge in [-0.1, -0.05) is 18.7 Å². The Morgan fingerprint density at radius 3 is 2.59 bits per heavy atom. The molecule has 1 fully saturated rings. The zero-order valence-corrected chi connectivity index (χ0v) is 16.2. The predicted molar refractivity (Wildman–Crippen MR) is 102 cm³/mol. The monoisotopic (exact) mass is 391 g/mol. The van der Waals surface area contributed by atoms with Gasteiger partial charge in [0.25, 0.3) is 0 Å². The summed E-state index contributed by atoms with van der Waals surface area (Å²) in [6.07, 6.45) is 0.771. The zero-order valence-electron chi connectivity index (χ0n) is 15.4. The predicted octanol–water partition coefficient (Wildman–Crippen LogP) is 2.15. The Labute approximate surface area is 161 Å². The summed E-state index contributed by atoms with van der Waals surface area (Å²) in [6, 6.07) is 4.54. The Balaban J connectivity index is 1.52. The van der Waals surface area contributed by atoms with Crippen LogP contribution < -0.4 is 4.90 Å². The van der Waals surface area contributed by atoms with Gasteiger partial charge in [-0.2, -0.15) is 0 Å². The molecule has 1 aliphatic rings. The molecule has 0 atom stereocenters. The highest BCUT2D eigenvalue weighted by Gasteiger charge is 2.23. The Kier molecular flexibility index (Phi) is 6.10. The molecule has 1 N–H and O–H groups in total. The number of nitrogens with zero attached hydrogens (tertiary/aromatic N) is 4. The van der Waals surface area contributed by atoms with Crippen LogP contribution in [-0.2, 0) is 11.2 Å². The van der Waals surface area contributed by atoms with Gasteiger partial charge in [-0.15, -0.1) is 5.10 Å². The van der Waals surface area contributed by atoms with E-state index in [4.69, 9.17) is 0 Å². The number of anilines is 1. The lowest BCUT2D eigenvalue weighted by Gasteiger charge is -2.36. The number of aromatic nitrogens is 3. The number of amides is 1. The van der Waals surface area contributed by atoms with Crippen molar-refractivity contribution in [3.05, 3.63) is 35.4 Å². The second kappa shape index (κ2) is 8.51. The molecular weight excluding hydrogens is 369 g/mol. The molecule has 3 rings (SSSR count). The Morgan fingerprint density at radius 2 is 2.00 bits per heavy atom. The molecule has 2 aromatic rings. The van der Waals surface area contributed by atoms with Crippen LogP contribution in [0.25, 0.3) is 0 Å². The molecule has 2 heterocycles. The zero-order chi connectivity index (χ0) is 19.4. The summed E-state index contributed by atoms with van der Waals surface area (Å²) in [5.41, 5.74) is 0.828. The van der Waals surface area contributed by atoms with Crippen LogP contribution in [0.3, 0.4) is 0 Å². The fourth-order valence-corrected chi connectivity index (χ4v) is 3.62. The first-order valence-corrected chi connectivity index (χ1v) is 9.83. The van der Waals surface area contributed by atoms with Gasteiger partial charge in [0.2, 0.25) is 11.1 Å². The third kappa shape index (κ3) is 4.65.